The van der Waals surface area contributed by atoms with Crippen LogP contribution < -0.4 is 10.2 Å². The molecule has 2 aromatic rings. The Balaban J connectivity index is 1.62. The highest BCUT2D eigenvalue weighted by molar-refractivity contribution is 8.01. The van der Waals surface area contributed by atoms with Crippen molar-refractivity contribution in [1.29, 1.82) is 0 Å². The first-order valence-electron chi connectivity index (χ1n) is 14.7. The molecule has 2 aliphatic heterocycles. The largest absolute Gasteiger partial charge is 0.388 e. The first-order valence-corrected chi connectivity index (χ1v) is 17.6. The smallest absolute Gasteiger partial charge is 0.282 e. The van der Waals surface area contributed by atoms with Gasteiger partial charge in [-0.1, -0.05) is 43.4 Å². The number of amides is 1. The van der Waals surface area contributed by atoms with Crippen molar-refractivity contribution in [3.05, 3.63) is 28.1 Å². The minimum absolute atomic E-state index is 0.115. The van der Waals surface area contributed by atoms with Gasteiger partial charge < -0.3 is 30.3 Å². The third-order valence-corrected chi connectivity index (χ3v) is 11.4. The van der Waals surface area contributed by atoms with Crippen LogP contribution in [0.2, 0.25) is 0 Å². The highest BCUT2D eigenvalue weighted by atomic mass is 32.2. The van der Waals surface area contributed by atoms with Crippen molar-refractivity contribution in [2.75, 3.05) is 38.8 Å². The molecule has 0 spiro atoms. The van der Waals surface area contributed by atoms with Crippen LogP contribution in [0.4, 0.5) is 15.8 Å². The molecule has 0 radical (unpaired) electrons. The van der Waals surface area contributed by atoms with E-state index in [0.29, 0.717) is 16.7 Å². The molecule has 250 valence electrons. The molecule has 1 aromatic carbocycles. The van der Waals surface area contributed by atoms with Gasteiger partial charge in [-0.25, -0.2) is 4.39 Å². The van der Waals surface area contributed by atoms with Crippen molar-refractivity contribution in [1.82, 2.24) is 20.4 Å². The number of nitrogens with zero attached hydrogens (tertiary/aromatic N) is 5. The molecule has 45 heavy (non-hydrogen) atoms. The molecule has 1 amide bonds. The molecule has 0 bridgehead atoms. The first-order chi connectivity index (χ1) is 21.3. The predicted octanol–water partition coefficient (Wildman–Crippen LogP) is 2.57. The van der Waals surface area contributed by atoms with E-state index in [1.54, 1.807) is 27.3 Å². The molecule has 2 fully saturated rings. The van der Waals surface area contributed by atoms with Crippen molar-refractivity contribution in [3.8, 4) is 10.6 Å². The quantitative estimate of drug-likeness (QED) is 0.146. The van der Waals surface area contributed by atoms with Gasteiger partial charge in [0, 0.05) is 25.9 Å². The summed E-state index contributed by atoms with van der Waals surface area (Å²) in [6.07, 6.45) is -0.969. The number of nitrogens with one attached hydrogen (secondary N) is 1. The number of benzene rings is 1. The number of aliphatic hydroxyl groups is 3. The molecule has 0 aliphatic carbocycles. The van der Waals surface area contributed by atoms with Crippen molar-refractivity contribution in [2.24, 2.45) is 5.92 Å². The lowest BCUT2D eigenvalue weighted by atomic mass is 9.92. The summed E-state index contributed by atoms with van der Waals surface area (Å²) in [5, 5.41) is 55.1. The number of halogens is 1. The van der Waals surface area contributed by atoms with Crippen LogP contribution in [0.15, 0.2) is 16.5 Å². The summed E-state index contributed by atoms with van der Waals surface area (Å²) in [4.78, 5) is 28.3. The number of ether oxygens (including phenoxy) is 1. The zero-order valence-electron chi connectivity index (χ0n) is 26.0. The zero-order chi connectivity index (χ0) is 33.2. The van der Waals surface area contributed by atoms with Crippen LogP contribution in [0, 0.1) is 21.8 Å². The highest BCUT2D eigenvalue weighted by Gasteiger charge is 2.49. The number of carbonyl (C=O) groups is 1. The number of carbonyl (C=O) groups excluding carboxylic acids is 1. The number of aromatic nitrogens is 2. The zero-order valence-corrected chi connectivity index (χ0v) is 28.4. The van der Waals surface area contributed by atoms with E-state index in [-0.39, 0.29) is 28.2 Å². The van der Waals surface area contributed by atoms with Gasteiger partial charge >= 0.3 is 0 Å². The summed E-state index contributed by atoms with van der Waals surface area (Å²) >= 11 is 3.47. The molecule has 13 nitrogen and oxygen atoms in total. The monoisotopic (exact) mass is 688 g/mol. The molecule has 17 heteroatoms. The molecular formula is C28H41FN6O7S3. The van der Waals surface area contributed by atoms with Gasteiger partial charge in [-0.05, 0) is 38.1 Å². The van der Waals surface area contributed by atoms with Crippen LogP contribution in [0.3, 0.4) is 0 Å². The van der Waals surface area contributed by atoms with E-state index < -0.39 is 57.6 Å². The number of likely N-dealkylation sites (tertiary alicyclic amines) is 1. The van der Waals surface area contributed by atoms with Crippen molar-refractivity contribution >= 4 is 52.1 Å². The maximum absolute atomic E-state index is 14.5. The fourth-order valence-electron chi connectivity index (χ4n) is 5.94. The lowest BCUT2D eigenvalue weighted by molar-refractivity contribution is -0.384. The van der Waals surface area contributed by atoms with Crippen molar-refractivity contribution < 1.29 is 34.2 Å². The molecule has 2 aliphatic rings. The van der Waals surface area contributed by atoms with Gasteiger partial charge in [0.25, 0.3) is 5.69 Å². The van der Waals surface area contributed by atoms with Crippen molar-refractivity contribution in [3.63, 3.8) is 0 Å². The van der Waals surface area contributed by atoms with Crippen LogP contribution in [-0.2, 0) is 9.53 Å². The molecular weight excluding hydrogens is 648 g/mol. The van der Waals surface area contributed by atoms with Gasteiger partial charge in [-0.2, -0.15) is 0 Å². The Kier molecular flexibility index (Phi) is 12.1. The molecule has 4 N–H and O–H groups in total. The van der Waals surface area contributed by atoms with Crippen LogP contribution in [0.5, 0.6) is 0 Å². The first kappa shape index (κ1) is 35.7. The van der Waals surface area contributed by atoms with E-state index in [0.717, 1.165) is 36.8 Å². The molecule has 0 saturated carbocycles. The minimum atomic E-state index is -1.50. The number of aliphatic hydroxyl groups excluding tert-OH is 3. The summed E-state index contributed by atoms with van der Waals surface area (Å²) in [5.74, 6) is -0.585. The summed E-state index contributed by atoms with van der Waals surface area (Å²) < 4.78 is 21.0. The molecule has 1 aromatic heterocycles. The maximum Gasteiger partial charge on any atom is 0.282 e. The Hall–Kier alpha value is -2.12. The molecule has 2 unspecified atom stereocenters. The number of nitro groups is 1. The summed E-state index contributed by atoms with van der Waals surface area (Å²) in [6, 6.07) is 1.01. The van der Waals surface area contributed by atoms with Gasteiger partial charge in [0.2, 0.25) is 5.91 Å². The second kappa shape index (κ2) is 15.2. The Morgan fingerprint density at radius 3 is 2.62 bits per heavy atom. The summed E-state index contributed by atoms with van der Waals surface area (Å²) in [6.45, 7) is 4.71. The normalized spacial score (nSPS) is 28.5. The minimum Gasteiger partial charge on any atom is -0.388 e. The molecule has 3 heterocycles. The second-order valence-electron chi connectivity index (χ2n) is 11.7. The molecule has 2 saturated heterocycles. The Labute approximate surface area is 274 Å². The third kappa shape index (κ3) is 7.89. The number of thioether (sulfide) groups is 2. The van der Waals surface area contributed by atoms with Crippen LogP contribution >= 0.6 is 34.9 Å². The van der Waals surface area contributed by atoms with E-state index >= 15 is 0 Å². The molecule has 4 rings (SSSR count). The van der Waals surface area contributed by atoms with Gasteiger partial charge in [0.1, 0.15) is 29.9 Å². The van der Waals surface area contributed by atoms with Crippen LogP contribution in [0.25, 0.3) is 10.6 Å². The lowest BCUT2D eigenvalue weighted by Crippen LogP contribution is -2.65. The Morgan fingerprint density at radius 2 is 2.00 bits per heavy atom. The fraction of sp³-hybridized carbons (Fsp3) is 0.679. The average Bonchev–Trinajstić information content (AvgIpc) is 3.60. The maximum atomic E-state index is 14.5. The third-order valence-electron chi connectivity index (χ3n) is 8.31. The van der Waals surface area contributed by atoms with Gasteiger partial charge in [0.05, 0.1) is 34.3 Å². The second-order valence-corrected chi connectivity index (χ2v) is 15.3. The van der Waals surface area contributed by atoms with E-state index in [1.165, 1.54) is 34.5 Å². The Morgan fingerprint density at radius 1 is 1.29 bits per heavy atom. The summed E-state index contributed by atoms with van der Waals surface area (Å²) in [7, 11) is 5.15. The Bertz CT molecular complexity index is 1350. The SMILES string of the molecule is CCC[C@@H]1C[C@@H](C(=O)NC(C(C)Sc2nnc(-c3cc(N(C)C)c(F)cc3[N+](=O)[O-])s2)[C@H]2O[C@H](SC)[C@H](O)[C@@H](O)[C@H]2O)N(C)C1. The lowest BCUT2D eigenvalue weighted by Gasteiger charge is -2.44. The average molecular weight is 689 g/mol. The van der Waals surface area contributed by atoms with Gasteiger partial charge in [0.15, 0.2) is 15.2 Å². The topological polar surface area (TPSA) is 174 Å². The predicted molar refractivity (Wildman–Crippen MR) is 173 cm³/mol. The number of rotatable bonds is 12. The standard InChI is InChI=1S/C28H41FN6O7S3/c1-7-8-14-9-19(34(5)12-14)25(39)30-20(24-22(37)21(36)23(38)27(42-24)43-6)13(2)44-28-32-31-26(45-28)15-10-18(33(3)4)16(29)11-17(15)35(40)41/h10-11,13-14,19-24,27,36-38H,7-9,12H2,1-6H3,(H,30,39)/t13?,14-,19+,20?,21+,22-,23-,24-,27-/m1/s1. The van der Waals surface area contributed by atoms with E-state index in [9.17, 15) is 34.6 Å². The van der Waals surface area contributed by atoms with E-state index in [1.807, 2.05) is 11.9 Å². The summed E-state index contributed by atoms with van der Waals surface area (Å²) in [5.41, 5.74) is -1.02. The number of hydrogen-bond acceptors (Lipinski definition) is 14. The molecule has 9 atom stereocenters. The fourth-order valence-corrected chi connectivity index (χ4v) is 8.88. The van der Waals surface area contributed by atoms with E-state index in [2.05, 4.69) is 22.4 Å². The van der Waals surface area contributed by atoms with Gasteiger partial charge in [-0.15, -0.1) is 22.0 Å². The number of nitro benzene ring substituents is 1. The number of hydrogen-bond donors (Lipinski definition) is 4. The number of anilines is 1. The van der Waals surface area contributed by atoms with Crippen LogP contribution in [-0.4, -0.2) is 122 Å². The van der Waals surface area contributed by atoms with Crippen molar-refractivity contribution in [2.45, 2.75) is 84.6 Å². The van der Waals surface area contributed by atoms with Crippen LogP contribution in [0.1, 0.15) is 33.1 Å². The van der Waals surface area contributed by atoms with E-state index in [4.69, 9.17) is 4.74 Å². The number of likely N-dealkylation sites (N-methyl/N-ethyl adjacent to an activating group) is 1. The highest BCUT2D eigenvalue weighted by Crippen LogP contribution is 2.40. The van der Waals surface area contributed by atoms with Gasteiger partial charge in [-0.3, -0.25) is 19.8 Å².